The normalized spacial score (nSPS) is 17.8. The van der Waals surface area contributed by atoms with E-state index in [-0.39, 0.29) is 12.6 Å². The molecule has 1 saturated heterocycles. The van der Waals surface area contributed by atoms with Crippen LogP contribution in [0.15, 0.2) is 0 Å². The van der Waals surface area contributed by atoms with Crippen LogP contribution in [0.1, 0.15) is 40.0 Å². The van der Waals surface area contributed by atoms with Gasteiger partial charge in [-0.05, 0) is 40.0 Å². The van der Waals surface area contributed by atoms with Gasteiger partial charge < -0.3 is 24.8 Å². The van der Waals surface area contributed by atoms with E-state index < -0.39 is 29.6 Å². The average Bonchev–Trinajstić information content (AvgIpc) is 3.25. The highest BCUT2D eigenvalue weighted by Gasteiger charge is 2.25. The van der Waals surface area contributed by atoms with Gasteiger partial charge in [-0.15, -0.1) is 0 Å². The Hall–Kier alpha value is -1.83. The quantitative estimate of drug-likeness (QED) is 0.502. The number of carbonyl (C=O) groups is 3. The molecule has 2 unspecified atom stereocenters. The van der Waals surface area contributed by atoms with E-state index in [1.807, 2.05) is 0 Å². The van der Waals surface area contributed by atoms with Gasteiger partial charge in [-0.3, -0.25) is 4.79 Å². The molecule has 1 heterocycles. The van der Waals surface area contributed by atoms with Gasteiger partial charge in [0.15, 0.2) is 0 Å². The van der Waals surface area contributed by atoms with Gasteiger partial charge in [-0.2, -0.15) is 0 Å². The van der Waals surface area contributed by atoms with Gasteiger partial charge in [0.1, 0.15) is 18.2 Å². The number of alkyl carbamates (subject to hydrolysis) is 1. The first-order valence-electron chi connectivity index (χ1n) is 7.67. The summed E-state index contributed by atoms with van der Waals surface area (Å²) in [5.41, 5.74) is -0.639. The van der Waals surface area contributed by atoms with Crippen LogP contribution in [0, 0.1) is 0 Å². The maximum Gasteiger partial charge on any atom is 0.408 e. The van der Waals surface area contributed by atoms with Crippen molar-refractivity contribution in [2.75, 3.05) is 20.3 Å². The second-order valence-corrected chi connectivity index (χ2v) is 6.38. The molecule has 0 aliphatic carbocycles. The van der Waals surface area contributed by atoms with E-state index in [2.05, 4.69) is 15.4 Å². The fraction of sp³-hybridized carbons (Fsp3) is 0.800. The highest BCUT2D eigenvalue weighted by atomic mass is 16.6. The fourth-order valence-corrected chi connectivity index (χ4v) is 1.89. The van der Waals surface area contributed by atoms with Crippen molar-refractivity contribution in [3.8, 4) is 0 Å². The molecule has 0 saturated carbocycles. The second kappa shape index (κ2) is 8.71. The van der Waals surface area contributed by atoms with E-state index >= 15 is 0 Å². The van der Waals surface area contributed by atoms with Crippen LogP contribution in [0.25, 0.3) is 0 Å². The molecule has 1 fully saturated rings. The van der Waals surface area contributed by atoms with Gasteiger partial charge in [0.2, 0.25) is 5.91 Å². The molecular weight excluding hydrogens is 304 g/mol. The van der Waals surface area contributed by atoms with Crippen molar-refractivity contribution in [3.05, 3.63) is 0 Å². The summed E-state index contributed by atoms with van der Waals surface area (Å²) >= 11 is 0. The SMILES string of the molecule is COC(=O)C(CCCC1CO1)NC(=O)CNC(=O)OC(C)(C)C. The first-order valence-corrected chi connectivity index (χ1v) is 7.67. The number of ether oxygens (including phenoxy) is 3. The number of rotatable bonds is 8. The van der Waals surface area contributed by atoms with Gasteiger partial charge in [0.25, 0.3) is 0 Å². The lowest BCUT2D eigenvalue weighted by atomic mass is 10.1. The predicted molar refractivity (Wildman–Crippen MR) is 81.8 cm³/mol. The Bertz CT molecular complexity index is 428. The summed E-state index contributed by atoms with van der Waals surface area (Å²) in [5.74, 6) is -0.985. The summed E-state index contributed by atoms with van der Waals surface area (Å²) in [6.07, 6.45) is 1.64. The molecule has 0 bridgehead atoms. The van der Waals surface area contributed by atoms with Gasteiger partial charge in [-0.25, -0.2) is 9.59 Å². The molecule has 2 N–H and O–H groups in total. The molecule has 0 aromatic heterocycles. The molecule has 0 aromatic carbocycles. The van der Waals surface area contributed by atoms with Gasteiger partial charge in [0.05, 0.1) is 19.8 Å². The molecule has 132 valence electrons. The van der Waals surface area contributed by atoms with Crippen LogP contribution < -0.4 is 10.6 Å². The number of hydrogen-bond donors (Lipinski definition) is 2. The molecule has 2 amide bonds. The van der Waals surface area contributed by atoms with E-state index in [0.717, 1.165) is 19.4 Å². The Balaban J connectivity index is 2.33. The van der Waals surface area contributed by atoms with Crippen LogP contribution in [0.2, 0.25) is 0 Å². The number of carbonyl (C=O) groups excluding carboxylic acids is 3. The van der Waals surface area contributed by atoms with Crippen molar-refractivity contribution in [2.45, 2.75) is 57.8 Å². The highest BCUT2D eigenvalue weighted by molar-refractivity contribution is 5.87. The Morgan fingerprint density at radius 1 is 1.30 bits per heavy atom. The molecule has 8 heteroatoms. The minimum atomic E-state index is -0.730. The Kier molecular flexibility index (Phi) is 7.28. The average molecular weight is 330 g/mol. The third kappa shape index (κ3) is 9.02. The lowest BCUT2D eigenvalue weighted by Crippen LogP contribution is -2.46. The number of hydrogen-bond acceptors (Lipinski definition) is 6. The number of amides is 2. The monoisotopic (exact) mass is 330 g/mol. The summed E-state index contributed by atoms with van der Waals surface area (Å²) in [5, 5.41) is 4.90. The van der Waals surface area contributed by atoms with E-state index in [0.29, 0.717) is 6.42 Å². The first kappa shape index (κ1) is 19.2. The minimum Gasteiger partial charge on any atom is -0.467 e. The van der Waals surface area contributed by atoms with Crippen LogP contribution in [-0.4, -0.2) is 56.0 Å². The molecular formula is C15H26N2O6. The number of epoxide rings is 1. The van der Waals surface area contributed by atoms with Crippen molar-refractivity contribution in [3.63, 3.8) is 0 Å². The third-order valence-electron chi connectivity index (χ3n) is 3.03. The lowest BCUT2D eigenvalue weighted by molar-refractivity contribution is -0.145. The van der Waals surface area contributed by atoms with E-state index in [1.165, 1.54) is 7.11 Å². The molecule has 23 heavy (non-hydrogen) atoms. The van der Waals surface area contributed by atoms with Gasteiger partial charge in [0, 0.05) is 0 Å². The van der Waals surface area contributed by atoms with Crippen molar-refractivity contribution in [1.82, 2.24) is 10.6 Å². The number of nitrogens with one attached hydrogen (secondary N) is 2. The van der Waals surface area contributed by atoms with E-state index in [9.17, 15) is 14.4 Å². The number of esters is 1. The fourth-order valence-electron chi connectivity index (χ4n) is 1.89. The minimum absolute atomic E-state index is 0.270. The third-order valence-corrected chi connectivity index (χ3v) is 3.03. The molecule has 8 nitrogen and oxygen atoms in total. The van der Waals surface area contributed by atoms with Crippen LogP contribution in [0.5, 0.6) is 0 Å². The lowest BCUT2D eigenvalue weighted by Gasteiger charge is -2.20. The molecule has 1 aliphatic rings. The van der Waals surface area contributed by atoms with Crippen molar-refractivity contribution < 1.29 is 28.6 Å². The maximum atomic E-state index is 11.8. The van der Waals surface area contributed by atoms with Gasteiger partial charge in [-0.1, -0.05) is 0 Å². The zero-order valence-electron chi connectivity index (χ0n) is 14.1. The molecule has 0 spiro atoms. The summed E-state index contributed by atoms with van der Waals surface area (Å²) in [7, 11) is 1.27. The highest BCUT2D eigenvalue weighted by Crippen LogP contribution is 2.17. The van der Waals surface area contributed by atoms with Crippen molar-refractivity contribution in [1.29, 1.82) is 0 Å². The summed E-state index contributed by atoms with van der Waals surface area (Å²) in [4.78, 5) is 35.0. The zero-order valence-corrected chi connectivity index (χ0v) is 14.1. The summed E-state index contributed by atoms with van der Waals surface area (Å²) in [6, 6.07) is -0.730. The molecule has 0 aromatic rings. The van der Waals surface area contributed by atoms with E-state index in [4.69, 9.17) is 9.47 Å². The van der Waals surface area contributed by atoms with Gasteiger partial charge >= 0.3 is 12.1 Å². The Morgan fingerprint density at radius 2 is 1.96 bits per heavy atom. The first-order chi connectivity index (χ1) is 10.7. The summed E-state index contributed by atoms with van der Waals surface area (Å²) < 4.78 is 14.8. The molecule has 1 rings (SSSR count). The summed E-state index contributed by atoms with van der Waals surface area (Å²) in [6.45, 7) is 5.67. The standard InChI is InChI=1S/C15H26N2O6/c1-15(2,3)23-14(20)16-8-12(18)17-11(13(19)21-4)7-5-6-10-9-22-10/h10-11H,5-9H2,1-4H3,(H,16,20)(H,17,18). The van der Waals surface area contributed by atoms with Crippen molar-refractivity contribution >= 4 is 18.0 Å². The topological polar surface area (TPSA) is 106 Å². The zero-order chi connectivity index (χ0) is 17.5. The largest absolute Gasteiger partial charge is 0.467 e. The van der Waals surface area contributed by atoms with Crippen LogP contribution >= 0.6 is 0 Å². The maximum absolute atomic E-state index is 11.8. The van der Waals surface area contributed by atoms with Crippen LogP contribution in [-0.2, 0) is 23.8 Å². The number of methoxy groups -OCH3 is 1. The second-order valence-electron chi connectivity index (χ2n) is 6.38. The van der Waals surface area contributed by atoms with Crippen LogP contribution in [0.4, 0.5) is 4.79 Å². The van der Waals surface area contributed by atoms with Crippen molar-refractivity contribution in [2.24, 2.45) is 0 Å². The Labute approximate surface area is 136 Å². The Morgan fingerprint density at radius 3 is 2.48 bits per heavy atom. The molecule has 0 radical (unpaired) electrons. The molecule has 2 atom stereocenters. The smallest absolute Gasteiger partial charge is 0.408 e. The van der Waals surface area contributed by atoms with Crippen LogP contribution in [0.3, 0.4) is 0 Å². The van der Waals surface area contributed by atoms with E-state index in [1.54, 1.807) is 20.8 Å². The predicted octanol–water partition coefficient (Wildman–Crippen LogP) is 0.738. The molecule has 1 aliphatic heterocycles.